The molecule has 1 aliphatic heterocycles. The molecule has 1 aromatic carbocycles. The van der Waals surface area contributed by atoms with Crippen LogP contribution in [0.1, 0.15) is 18.5 Å². The first-order chi connectivity index (χ1) is 11.1. The molecule has 23 heavy (non-hydrogen) atoms. The Labute approximate surface area is 141 Å². The van der Waals surface area contributed by atoms with Crippen LogP contribution in [0.4, 0.5) is 0 Å². The predicted octanol–water partition coefficient (Wildman–Crippen LogP) is 2.91. The highest BCUT2D eigenvalue weighted by Gasteiger charge is 2.24. The number of carbonyl (C=O) groups is 1. The van der Waals surface area contributed by atoms with E-state index in [-0.39, 0.29) is 5.91 Å². The fourth-order valence-electron chi connectivity index (χ4n) is 2.97. The van der Waals surface area contributed by atoms with Crippen LogP contribution in [0.25, 0.3) is 10.6 Å². The van der Waals surface area contributed by atoms with Crippen molar-refractivity contribution in [2.24, 2.45) is 0 Å². The maximum absolute atomic E-state index is 12.5. The minimum Gasteiger partial charge on any atom is -0.342 e. The van der Waals surface area contributed by atoms with E-state index in [1.165, 1.54) is 0 Å². The van der Waals surface area contributed by atoms with Crippen molar-refractivity contribution < 1.29 is 4.79 Å². The minimum atomic E-state index is 0.171. The number of carbonyl (C=O) groups excluding carboxylic acids is 1. The van der Waals surface area contributed by atoms with E-state index in [2.05, 4.69) is 29.1 Å². The van der Waals surface area contributed by atoms with Crippen LogP contribution in [-0.2, 0) is 11.2 Å². The Kier molecular flexibility index (Phi) is 5.08. The summed E-state index contributed by atoms with van der Waals surface area (Å²) in [5.41, 5.74) is 1.98. The Morgan fingerprint density at radius 1 is 1.30 bits per heavy atom. The van der Waals surface area contributed by atoms with Gasteiger partial charge < -0.3 is 9.80 Å². The van der Waals surface area contributed by atoms with E-state index >= 15 is 0 Å². The number of nitrogens with zero attached hydrogens (tertiary/aromatic N) is 3. The van der Waals surface area contributed by atoms with Gasteiger partial charge in [0.15, 0.2) is 0 Å². The van der Waals surface area contributed by atoms with Crippen molar-refractivity contribution in [1.29, 1.82) is 0 Å². The van der Waals surface area contributed by atoms with Gasteiger partial charge in [-0.2, -0.15) is 0 Å². The number of piperidine rings is 1. The van der Waals surface area contributed by atoms with Crippen LogP contribution in [0.5, 0.6) is 0 Å². The average molecular weight is 329 g/mol. The van der Waals surface area contributed by atoms with E-state index in [0.29, 0.717) is 12.5 Å². The zero-order valence-electron chi connectivity index (χ0n) is 13.7. The normalized spacial score (nSPS) is 16.4. The first-order valence-corrected chi connectivity index (χ1v) is 8.95. The summed E-state index contributed by atoms with van der Waals surface area (Å²) >= 11 is 1.60. The smallest absolute Gasteiger partial charge is 0.228 e. The quantitative estimate of drug-likeness (QED) is 0.865. The number of rotatable bonds is 4. The molecule has 0 bridgehead atoms. The number of amides is 1. The summed E-state index contributed by atoms with van der Waals surface area (Å²) in [7, 11) is 4.07. The second-order valence-corrected chi connectivity index (χ2v) is 7.08. The zero-order chi connectivity index (χ0) is 16.2. The summed E-state index contributed by atoms with van der Waals surface area (Å²) in [4.78, 5) is 21.4. The third kappa shape index (κ3) is 3.98. The molecule has 0 atom stereocenters. The lowest BCUT2D eigenvalue weighted by atomic mass is 10.0. The third-order valence-corrected chi connectivity index (χ3v) is 5.47. The lowest BCUT2D eigenvalue weighted by Gasteiger charge is -2.35. The van der Waals surface area contributed by atoms with Crippen molar-refractivity contribution in [3.05, 3.63) is 41.4 Å². The molecule has 0 radical (unpaired) electrons. The molecule has 3 rings (SSSR count). The summed E-state index contributed by atoms with van der Waals surface area (Å²) in [6.45, 7) is 2.13. The number of hydrogen-bond donors (Lipinski definition) is 0. The average Bonchev–Trinajstić information content (AvgIpc) is 3.04. The van der Waals surface area contributed by atoms with E-state index in [1.807, 2.05) is 35.5 Å². The summed E-state index contributed by atoms with van der Waals surface area (Å²) < 4.78 is 0. The van der Waals surface area contributed by atoms with Gasteiger partial charge >= 0.3 is 0 Å². The fraction of sp³-hybridized carbons (Fsp3) is 0.444. The van der Waals surface area contributed by atoms with Gasteiger partial charge in [-0.05, 0) is 33.0 Å². The highest BCUT2D eigenvalue weighted by Crippen LogP contribution is 2.24. The van der Waals surface area contributed by atoms with Crippen molar-refractivity contribution in [2.45, 2.75) is 25.3 Å². The van der Waals surface area contributed by atoms with E-state index in [4.69, 9.17) is 0 Å². The molecule has 5 heteroatoms. The number of thiazole rings is 1. The molecule has 2 heterocycles. The Bertz CT molecular complexity index is 647. The summed E-state index contributed by atoms with van der Waals surface area (Å²) in [6, 6.07) is 10.5. The molecule has 0 unspecified atom stereocenters. The summed E-state index contributed by atoms with van der Waals surface area (Å²) in [6.07, 6.45) is 2.52. The van der Waals surface area contributed by atoms with Gasteiger partial charge in [0.2, 0.25) is 5.91 Å². The van der Waals surface area contributed by atoms with Gasteiger partial charge in [-0.25, -0.2) is 4.98 Å². The Hall–Kier alpha value is -1.72. The number of aromatic nitrogens is 1. The molecule has 1 saturated heterocycles. The number of benzene rings is 1. The Morgan fingerprint density at radius 2 is 2.00 bits per heavy atom. The lowest BCUT2D eigenvalue weighted by molar-refractivity contribution is -0.132. The minimum absolute atomic E-state index is 0.171. The summed E-state index contributed by atoms with van der Waals surface area (Å²) in [5.74, 6) is 0.171. The molecule has 1 aliphatic rings. The molecular formula is C18H23N3OS. The maximum Gasteiger partial charge on any atom is 0.228 e. The van der Waals surface area contributed by atoms with Gasteiger partial charge in [0.25, 0.3) is 0 Å². The van der Waals surface area contributed by atoms with Crippen LogP contribution in [-0.4, -0.2) is 53.9 Å². The van der Waals surface area contributed by atoms with Gasteiger partial charge in [0, 0.05) is 24.0 Å². The van der Waals surface area contributed by atoms with Gasteiger partial charge in [0.05, 0.1) is 12.1 Å². The van der Waals surface area contributed by atoms with Crippen molar-refractivity contribution in [3.63, 3.8) is 0 Å². The molecule has 122 valence electrons. The number of likely N-dealkylation sites (tertiary alicyclic amines) is 1. The molecule has 1 amide bonds. The maximum atomic E-state index is 12.5. The molecule has 4 nitrogen and oxygen atoms in total. The molecule has 0 spiro atoms. The zero-order valence-corrected chi connectivity index (χ0v) is 14.6. The van der Waals surface area contributed by atoms with Crippen molar-refractivity contribution >= 4 is 17.2 Å². The highest BCUT2D eigenvalue weighted by molar-refractivity contribution is 7.13. The standard InChI is InChI=1S/C18H23N3OS/c1-20-10-8-16(9-11-20)21(2)17(22)12-15-13-23-18(19-15)14-6-4-3-5-7-14/h3-7,13,16H,8-12H2,1-2H3. The first kappa shape index (κ1) is 16.1. The van der Waals surface area contributed by atoms with E-state index < -0.39 is 0 Å². The van der Waals surface area contributed by atoms with Crippen molar-refractivity contribution in [3.8, 4) is 10.6 Å². The van der Waals surface area contributed by atoms with E-state index in [9.17, 15) is 4.79 Å². The second-order valence-electron chi connectivity index (χ2n) is 6.23. The van der Waals surface area contributed by atoms with Gasteiger partial charge in [-0.3, -0.25) is 4.79 Å². The number of likely N-dealkylation sites (N-methyl/N-ethyl adjacent to an activating group) is 1. The van der Waals surface area contributed by atoms with Gasteiger partial charge in [0.1, 0.15) is 5.01 Å². The molecule has 0 saturated carbocycles. The van der Waals surface area contributed by atoms with Gasteiger partial charge in [-0.1, -0.05) is 30.3 Å². The molecule has 0 aliphatic carbocycles. The van der Waals surface area contributed by atoms with Crippen LogP contribution < -0.4 is 0 Å². The molecule has 0 N–H and O–H groups in total. The van der Waals surface area contributed by atoms with Crippen LogP contribution >= 0.6 is 11.3 Å². The Morgan fingerprint density at radius 3 is 2.70 bits per heavy atom. The van der Waals surface area contributed by atoms with Crippen molar-refractivity contribution in [1.82, 2.24) is 14.8 Å². The largest absolute Gasteiger partial charge is 0.342 e. The number of hydrogen-bond acceptors (Lipinski definition) is 4. The topological polar surface area (TPSA) is 36.4 Å². The van der Waals surface area contributed by atoms with Crippen LogP contribution in [0.2, 0.25) is 0 Å². The van der Waals surface area contributed by atoms with Gasteiger partial charge in [-0.15, -0.1) is 11.3 Å². The predicted molar refractivity (Wildman–Crippen MR) is 94.5 cm³/mol. The van der Waals surface area contributed by atoms with Crippen LogP contribution in [0, 0.1) is 0 Å². The first-order valence-electron chi connectivity index (χ1n) is 8.07. The molecule has 1 fully saturated rings. The SMILES string of the molecule is CN1CCC(N(C)C(=O)Cc2csc(-c3ccccc3)n2)CC1. The monoisotopic (exact) mass is 329 g/mol. The molecule has 2 aromatic rings. The third-order valence-electron chi connectivity index (χ3n) is 4.53. The Balaban J connectivity index is 1.61. The fourth-order valence-corrected chi connectivity index (χ4v) is 3.79. The van der Waals surface area contributed by atoms with E-state index in [0.717, 1.165) is 42.2 Å². The van der Waals surface area contributed by atoms with Crippen LogP contribution in [0.15, 0.2) is 35.7 Å². The highest BCUT2D eigenvalue weighted by atomic mass is 32.1. The van der Waals surface area contributed by atoms with Crippen LogP contribution in [0.3, 0.4) is 0 Å². The lowest BCUT2D eigenvalue weighted by Crippen LogP contribution is -2.45. The second kappa shape index (κ2) is 7.23. The summed E-state index contributed by atoms with van der Waals surface area (Å²) in [5, 5.41) is 2.98. The van der Waals surface area contributed by atoms with Crippen molar-refractivity contribution in [2.75, 3.05) is 27.2 Å². The van der Waals surface area contributed by atoms with E-state index in [1.54, 1.807) is 11.3 Å². The molecule has 1 aromatic heterocycles. The molecular weight excluding hydrogens is 306 g/mol.